The van der Waals surface area contributed by atoms with Crippen molar-refractivity contribution in [2.45, 2.75) is 71.8 Å². The second kappa shape index (κ2) is 16.2. The third-order valence-electron chi connectivity index (χ3n) is 7.55. The normalized spacial score (nSPS) is 17.3. The smallest absolute Gasteiger partial charge is 0.409 e. The first-order chi connectivity index (χ1) is 22.7. The lowest BCUT2D eigenvalue weighted by Gasteiger charge is -2.36. The molecule has 0 unspecified atom stereocenters. The summed E-state index contributed by atoms with van der Waals surface area (Å²) in [6, 6.07) is 9.50. The van der Waals surface area contributed by atoms with E-state index in [1.807, 2.05) is 44.2 Å². The highest BCUT2D eigenvalue weighted by atomic mass is 16.7. The van der Waals surface area contributed by atoms with Gasteiger partial charge in [-0.05, 0) is 48.0 Å². The number of ether oxygens (including phenoxy) is 5. The Morgan fingerprint density at radius 3 is 2.27 bits per heavy atom. The number of nitrogens with one attached hydrogen (secondary N) is 1. The highest BCUT2D eigenvalue weighted by Crippen LogP contribution is 2.23. The Hall–Kier alpha value is -4.30. The number of hydrogen-bond acceptors (Lipinski definition) is 11. The summed E-state index contributed by atoms with van der Waals surface area (Å²) in [7, 11) is 0. The molecule has 2 aliphatic rings. The molecule has 0 aliphatic carbocycles. The van der Waals surface area contributed by atoms with Crippen LogP contribution in [0, 0.1) is 5.92 Å². The molecule has 1 aromatic heterocycles. The molecule has 1 N–H and O–H groups in total. The monoisotopic (exact) mass is 669 g/mol. The van der Waals surface area contributed by atoms with Crippen LogP contribution in [-0.2, 0) is 28.5 Å². The van der Waals surface area contributed by atoms with Gasteiger partial charge in [-0.25, -0.2) is 9.78 Å². The molecule has 262 valence electrons. The van der Waals surface area contributed by atoms with Gasteiger partial charge in [0.25, 0.3) is 5.91 Å². The number of nitrogens with zero attached hydrogens (tertiary/aromatic N) is 4. The summed E-state index contributed by atoms with van der Waals surface area (Å²) in [5.41, 5.74) is -0.0565. The molecule has 3 heterocycles. The van der Waals surface area contributed by atoms with Crippen molar-refractivity contribution in [3.05, 3.63) is 42.1 Å². The SMILES string of the molecule is CCOC(=O)N1CCN(C(=O)[C@H](CCC(=O)OC(C)(C)C)NC(=O)c2cc(OCC3COC(C)(C)OC3)nc(-c3ccccc3)n2)CC1. The van der Waals surface area contributed by atoms with Crippen molar-refractivity contribution in [2.75, 3.05) is 52.6 Å². The number of piperazine rings is 1. The Morgan fingerprint density at radius 1 is 1.00 bits per heavy atom. The van der Waals surface area contributed by atoms with Crippen LogP contribution in [0.3, 0.4) is 0 Å². The van der Waals surface area contributed by atoms with Crippen molar-refractivity contribution in [1.82, 2.24) is 25.1 Å². The highest BCUT2D eigenvalue weighted by Gasteiger charge is 2.33. The van der Waals surface area contributed by atoms with Crippen LogP contribution >= 0.6 is 0 Å². The summed E-state index contributed by atoms with van der Waals surface area (Å²) in [4.78, 5) is 64.5. The molecule has 1 atom stereocenters. The minimum Gasteiger partial charge on any atom is -0.477 e. The third-order valence-corrected chi connectivity index (χ3v) is 7.55. The largest absolute Gasteiger partial charge is 0.477 e. The van der Waals surface area contributed by atoms with Crippen LogP contribution in [0.15, 0.2) is 36.4 Å². The Morgan fingerprint density at radius 2 is 1.65 bits per heavy atom. The van der Waals surface area contributed by atoms with Gasteiger partial charge in [0.2, 0.25) is 11.8 Å². The van der Waals surface area contributed by atoms with Gasteiger partial charge < -0.3 is 38.8 Å². The van der Waals surface area contributed by atoms with Crippen LogP contribution in [0.2, 0.25) is 0 Å². The number of amides is 3. The van der Waals surface area contributed by atoms with Crippen molar-refractivity contribution in [3.8, 4) is 17.3 Å². The first-order valence-corrected chi connectivity index (χ1v) is 16.3. The van der Waals surface area contributed by atoms with Crippen LogP contribution in [0.5, 0.6) is 5.88 Å². The zero-order valence-corrected chi connectivity index (χ0v) is 28.7. The van der Waals surface area contributed by atoms with Gasteiger partial charge >= 0.3 is 12.1 Å². The Bertz CT molecular complexity index is 1410. The van der Waals surface area contributed by atoms with E-state index < -0.39 is 35.4 Å². The number of benzene rings is 1. The van der Waals surface area contributed by atoms with Gasteiger partial charge in [-0.15, -0.1) is 0 Å². The summed E-state index contributed by atoms with van der Waals surface area (Å²) < 4.78 is 28.0. The number of carbonyl (C=O) groups excluding carboxylic acids is 4. The van der Waals surface area contributed by atoms with Crippen LogP contribution in [-0.4, -0.2) is 114 Å². The summed E-state index contributed by atoms with van der Waals surface area (Å²) in [5.74, 6) is -1.80. The maximum Gasteiger partial charge on any atom is 0.409 e. The molecule has 2 aromatic rings. The van der Waals surface area contributed by atoms with Crippen LogP contribution < -0.4 is 10.1 Å². The van der Waals surface area contributed by atoms with Gasteiger partial charge in [0, 0.05) is 50.1 Å². The molecule has 2 aliphatic heterocycles. The maximum atomic E-state index is 13.8. The van der Waals surface area contributed by atoms with Gasteiger partial charge in [-0.3, -0.25) is 14.4 Å². The minimum absolute atomic E-state index is 0.00438. The topological polar surface area (TPSA) is 159 Å². The van der Waals surface area contributed by atoms with E-state index in [9.17, 15) is 19.2 Å². The molecule has 0 radical (unpaired) electrons. The van der Waals surface area contributed by atoms with E-state index in [0.29, 0.717) is 18.8 Å². The molecule has 2 saturated heterocycles. The lowest BCUT2D eigenvalue weighted by atomic mass is 10.1. The molecule has 48 heavy (non-hydrogen) atoms. The predicted molar refractivity (Wildman–Crippen MR) is 174 cm³/mol. The summed E-state index contributed by atoms with van der Waals surface area (Å²) in [5, 5.41) is 2.79. The van der Waals surface area contributed by atoms with Gasteiger partial charge in [-0.2, -0.15) is 4.98 Å². The van der Waals surface area contributed by atoms with E-state index >= 15 is 0 Å². The van der Waals surface area contributed by atoms with Crippen molar-refractivity contribution in [2.24, 2.45) is 5.92 Å². The quantitative estimate of drug-likeness (QED) is 0.350. The summed E-state index contributed by atoms with van der Waals surface area (Å²) >= 11 is 0. The Kier molecular flexibility index (Phi) is 12.3. The van der Waals surface area contributed by atoms with Gasteiger partial charge in [-0.1, -0.05) is 30.3 Å². The fourth-order valence-corrected chi connectivity index (χ4v) is 5.05. The van der Waals surface area contributed by atoms with E-state index in [1.54, 1.807) is 32.6 Å². The van der Waals surface area contributed by atoms with E-state index in [-0.39, 0.29) is 81.5 Å². The van der Waals surface area contributed by atoms with Crippen molar-refractivity contribution >= 4 is 23.9 Å². The molecule has 14 heteroatoms. The van der Waals surface area contributed by atoms with Crippen LogP contribution in [0.25, 0.3) is 11.4 Å². The van der Waals surface area contributed by atoms with Gasteiger partial charge in [0.1, 0.15) is 17.3 Å². The maximum absolute atomic E-state index is 13.8. The van der Waals surface area contributed by atoms with Crippen LogP contribution in [0.4, 0.5) is 4.79 Å². The molecule has 0 bridgehead atoms. The van der Waals surface area contributed by atoms with E-state index in [4.69, 9.17) is 23.7 Å². The average Bonchev–Trinajstić information content (AvgIpc) is 3.05. The minimum atomic E-state index is -1.07. The van der Waals surface area contributed by atoms with E-state index in [0.717, 1.165) is 0 Å². The molecular formula is C34H47N5O9. The fraction of sp³-hybridized carbons (Fsp3) is 0.588. The molecular weight excluding hydrogens is 622 g/mol. The molecule has 0 spiro atoms. The molecule has 0 saturated carbocycles. The Labute approximate surface area is 281 Å². The van der Waals surface area contributed by atoms with Crippen molar-refractivity contribution in [3.63, 3.8) is 0 Å². The zero-order valence-electron chi connectivity index (χ0n) is 28.7. The first-order valence-electron chi connectivity index (χ1n) is 16.3. The number of esters is 1. The summed E-state index contributed by atoms with van der Waals surface area (Å²) in [6.45, 7) is 13.1. The zero-order chi connectivity index (χ0) is 34.9. The molecule has 14 nitrogen and oxygen atoms in total. The van der Waals surface area contributed by atoms with Crippen molar-refractivity contribution < 1.29 is 42.9 Å². The standard InChI is InChI=1S/C34H47N5O9/c1-7-44-32(43)39-17-15-38(16-18-39)31(42)25(13-14-28(40)48-33(2,3)4)36-30(41)26-19-27(37-29(35-26)24-11-9-8-10-12-24)45-20-23-21-46-34(5,6)47-22-23/h8-12,19,23,25H,7,13-18,20-22H2,1-6H3,(H,36,41)/t25-/m0/s1. The van der Waals surface area contributed by atoms with E-state index in [2.05, 4.69) is 15.3 Å². The Balaban J connectivity index is 1.53. The molecule has 1 aromatic carbocycles. The third kappa shape index (κ3) is 10.9. The molecule has 2 fully saturated rings. The van der Waals surface area contributed by atoms with E-state index in [1.165, 1.54) is 11.0 Å². The fourth-order valence-electron chi connectivity index (χ4n) is 5.05. The van der Waals surface area contributed by atoms with Crippen molar-refractivity contribution in [1.29, 1.82) is 0 Å². The summed E-state index contributed by atoms with van der Waals surface area (Å²) in [6.07, 6.45) is -0.551. The number of rotatable bonds is 11. The lowest BCUT2D eigenvalue weighted by molar-refractivity contribution is -0.264. The highest BCUT2D eigenvalue weighted by molar-refractivity contribution is 5.96. The van der Waals surface area contributed by atoms with Gasteiger partial charge in [0.05, 0.1) is 26.4 Å². The van der Waals surface area contributed by atoms with Gasteiger partial charge in [0.15, 0.2) is 11.6 Å². The predicted octanol–water partition coefficient (Wildman–Crippen LogP) is 3.44. The van der Waals surface area contributed by atoms with Crippen LogP contribution in [0.1, 0.15) is 64.9 Å². The number of aromatic nitrogens is 2. The first kappa shape index (κ1) is 36.5. The lowest BCUT2D eigenvalue weighted by Crippen LogP contribution is -2.56. The molecule has 4 rings (SSSR count). The average molecular weight is 670 g/mol. The second-order valence-electron chi connectivity index (χ2n) is 13.1. The number of carbonyl (C=O) groups is 4. The molecule has 3 amide bonds. The number of hydrogen-bond donors (Lipinski definition) is 1. The second-order valence-corrected chi connectivity index (χ2v) is 13.1.